The predicted octanol–water partition coefficient (Wildman–Crippen LogP) is 5.42. The Morgan fingerprint density at radius 3 is 2.64 bits per heavy atom. The van der Waals surface area contributed by atoms with Gasteiger partial charge in [-0.2, -0.15) is 0 Å². The number of rotatable bonds is 5. The molecule has 1 N–H and O–H groups in total. The lowest BCUT2D eigenvalue weighted by Gasteiger charge is -2.08. The van der Waals surface area contributed by atoms with Crippen LogP contribution >= 0.6 is 23.4 Å². The third kappa shape index (κ3) is 4.81. The van der Waals surface area contributed by atoms with Gasteiger partial charge >= 0.3 is 0 Å². The smallest absolute Gasteiger partial charge is 0.257 e. The summed E-state index contributed by atoms with van der Waals surface area (Å²) in [5, 5.41) is 2.84. The Kier molecular flexibility index (Phi) is 5.68. The van der Waals surface area contributed by atoms with E-state index in [9.17, 15) is 9.18 Å². The van der Waals surface area contributed by atoms with Crippen molar-refractivity contribution in [3.63, 3.8) is 0 Å². The van der Waals surface area contributed by atoms with E-state index in [1.54, 1.807) is 18.0 Å². The van der Waals surface area contributed by atoms with Gasteiger partial charge in [-0.3, -0.25) is 9.78 Å². The van der Waals surface area contributed by atoms with Crippen molar-refractivity contribution in [2.24, 2.45) is 0 Å². The molecular weight excluding hydrogens is 359 g/mol. The molecule has 1 aromatic heterocycles. The quantitative estimate of drug-likeness (QED) is 0.608. The standard InChI is InChI=1S/C19H14ClFN2OS/c20-18-10-14(21)3-8-17(18)19(24)23-15-4-6-16(7-5-15)25-12-13-2-1-9-22-11-13/h1-11H,12H2,(H,23,24). The summed E-state index contributed by atoms with van der Waals surface area (Å²) in [4.78, 5) is 17.4. The lowest BCUT2D eigenvalue weighted by atomic mass is 10.2. The maximum absolute atomic E-state index is 13.1. The minimum absolute atomic E-state index is 0.0844. The van der Waals surface area contributed by atoms with Crippen LogP contribution in [0, 0.1) is 5.82 Å². The molecule has 3 rings (SSSR count). The Morgan fingerprint density at radius 2 is 1.96 bits per heavy atom. The molecule has 0 aliphatic carbocycles. The van der Waals surface area contributed by atoms with Gasteiger partial charge in [-0.05, 0) is 54.1 Å². The van der Waals surface area contributed by atoms with Gasteiger partial charge < -0.3 is 5.32 Å². The van der Waals surface area contributed by atoms with Gasteiger partial charge in [-0.25, -0.2) is 4.39 Å². The number of anilines is 1. The fourth-order valence-electron chi connectivity index (χ4n) is 2.16. The topological polar surface area (TPSA) is 42.0 Å². The highest BCUT2D eigenvalue weighted by Gasteiger charge is 2.11. The Labute approximate surface area is 154 Å². The summed E-state index contributed by atoms with van der Waals surface area (Å²) in [5.41, 5.74) is 2.03. The molecule has 1 heterocycles. The van der Waals surface area contributed by atoms with Gasteiger partial charge in [0.15, 0.2) is 0 Å². The van der Waals surface area contributed by atoms with Gasteiger partial charge in [0.25, 0.3) is 5.91 Å². The number of nitrogens with one attached hydrogen (secondary N) is 1. The number of nitrogens with zero attached hydrogens (tertiary/aromatic N) is 1. The largest absolute Gasteiger partial charge is 0.322 e. The van der Waals surface area contributed by atoms with Crippen LogP contribution in [0.1, 0.15) is 15.9 Å². The Hall–Kier alpha value is -2.37. The van der Waals surface area contributed by atoms with E-state index in [1.807, 2.05) is 42.6 Å². The summed E-state index contributed by atoms with van der Waals surface area (Å²) in [6.07, 6.45) is 3.59. The SMILES string of the molecule is O=C(Nc1ccc(SCc2cccnc2)cc1)c1ccc(F)cc1Cl. The number of amides is 1. The first-order valence-corrected chi connectivity index (χ1v) is 8.86. The van der Waals surface area contributed by atoms with E-state index in [0.717, 1.165) is 22.3 Å². The second-order valence-electron chi connectivity index (χ2n) is 5.25. The Balaban J connectivity index is 1.61. The molecular formula is C19H14ClFN2OS. The van der Waals surface area contributed by atoms with Gasteiger partial charge in [0.2, 0.25) is 0 Å². The fraction of sp³-hybridized carbons (Fsp3) is 0.0526. The van der Waals surface area contributed by atoms with E-state index < -0.39 is 5.82 Å². The van der Waals surface area contributed by atoms with E-state index in [1.165, 1.54) is 12.1 Å². The molecule has 6 heteroatoms. The molecule has 0 atom stereocenters. The average molecular weight is 373 g/mol. The summed E-state index contributed by atoms with van der Waals surface area (Å²) in [5.74, 6) is -0.0256. The van der Waals surface area contributed by atoms with E-state index in [4.69, 9.17) is 11.6 Å². The molecule has 0 saturated carbocycles. The van der Waals surface area contributed by atoms with Gasteiger partial charge in [0.05, 0.1) is 10.6 Å². The van der Waals surface area contributed by atoms with Crippen molar-refractivity contribution >= 4 is 35.0 Å². The number of hydrogen-bond acceptors (Lipinski definition) is 3. The summed E-state index contributed by atoms with van der Waals surface area (Å²) in [7, 11) is 0. The summed E-state index contributed by atoms with van der Waals surface area (Å²) in [6, 6.07) is 15.1. The van der Waals surface area contributed by atoms with Crippen LogP contribution in [0.2, 0.25) is 5.02 Å². The number of hydrogen-bond donors (Lipinski definition) is 1. The number of pyridine rings is 1. The third-order valence-electron chi connectivity index (χ3n) is 3.42. The molecule has 0 fully saturated rings. The van der Waals surface area contributed by atoms with Gasteiger partial charge in [0, 0.05) is 28.7 Å². The molecule has 0 aliphatic rings. The van der Waals surface area contributed by atoms with Crippen LogP contribution in [0.15, 0.2) is 71.9 Å². The first-order chi connectivity index (χ1) is 12.1. The highest BCUT2D eigenvalue weighted by atomic mass is 35.5. The molecule has 3 nitrogen and oxygen atoms in total. The van der Waals surface area contributed by atoms with E-state index in [2.05, 4.69) is 10.3 Å². The number of halogens is 2. The molecule has 126 valence electrons. The molecule has 0 saturated heterocycles. The Morgan fingerprint density at radius 1 is 1.16 bits per heavy atom. The summed E-state index contributed by atoms with van der Waals surface area (Å²) < 4.78 is 13.1. The van der Waals surface area contributed by atoms with Crippen LogP contribution in [0.5, 0.6) is 0 Å². The molecule has 25 heavy (non-hydrogen) atoms. The predicted molar refractivity (Wildman–Crippen MR) is 99.6 cm³/mol. The second-order valence-corrected chi connectivity index (χ2v) is 6.71. The van der Waals surface area contributed by atoms with Crippen LogP contribution in [0.4, 0.5) is 10.1 Å². The van der Waals surface area contributed by atoms with E-state index in [0.29, 0.717) is 5.69 Å². The van der Waals surface area contributed by atoms with Crippen molar-refractivity contribution in [1.29, 1.82) is 0 Å². The van der Waals surface area contributed by atoms with Crippen LogP contribution in [0.25, 0.3) is 0 Å². The van der Waals surface area contributed by atoms with Gasteiger partial charge in [-0.1, -0.05) is 17.7 Å². The summed E-state index contributed by atoms with van der Waals surface area (Å²) >= 11 is 7.59. The zero-order valence-corrected chi connectivity index (χ0v) is 14.7. The molecule has 2 aromatic carbocycles. The number of benzene rings is 2. The minimum Gasteiger partial charge on any atom is -0.322 e. The monoisotopic (exact) mass is 372 g/mol. The van der Waals surface area contributed by atoms with E-state index >= 15 is 0 Å². The first kappa shape index (κ1) is 17.5. The molecule has 1 amide bonds. The minimum atomic E-state index is -0.475. The average Bonchev–Trinajstić information content (AvgIpc) is 2.62. The normalized spacial score (nSPS) is 10.5. The highest BCUT2D eigenvalue weighted by Crippen LogP contribution is 2.24. The molecule has 0 bridgehead atoms. The third-order valence-corrected chi connectivity index (χ3v) is 4.81. The van der Waals surface area contributed by atoms with Crippen molar-refractivity contribution in [1.82, 2.24) is 4.98 Å². The second kappa shape index (κ2) is 8.14. The lowest BCUT2D eigenvalue weighted by molar-refractivity contribution is 0.102. The fourth-order valence-corrected chi connectivity index (χ4v) is 3.24. The number of aromatic nitrogens is 1. The zero-order chi connectivity index (χ0) is 17.6. The molecule has 0 spiro atoms. The van der Waals surface area contributed by atoms with Gasteiger partial charge in [-0.15, -0.1) is 11.8 Å². The Bertz CT molecular complexity index is 872. The van der Waals surface area contributed by atoms with E-state index in [-0.39, 0.29) is 16.5 Å². The van der Waals surface area contributed by atoms with Crippen molar-refractivity contribution in [3.8, 4) is 0 Å². The lowest BCUT2D eigenvalue weighted by Crippen LogP contribution is -2.12. The van der Waals surface area contributed by atoms with Crippen molar-refractivity contribution in [2.75, 3.05) is 5.32 Å². The van der Waals surface area contributed by atoms with Crippen molar-refractivity contribution in [2.45, 2.75) is 10.6 Å². The van der Waals surface area contributed by atoms with Crippen LogP contribution in [-0.4, -0.2) is 10.9 Å². The van der Waals surface area contributed by atoms with Crippen molar-refractivity contribution in [3.05, 3.63) is 89.0 Å². The number of carbonyl (C=O) groups excluding carboxylic acids is 1. The molecule has 0 aliphatic heterocycles. The highest BCUT2D eigenvalue weighted by molar-refractivity contribution is 7.98. The van der Waals surface area contributed by atoms with Crippen molar-refractivity contribution < 1.29 is 9.18 Å². The first-order valence-electron chi connectivity index (χ1n) is 7.50. The molecule has 0 unspecified atom stereocenters. The van der Waals surface area contributed by atoms with Crippen LogP contribution < -0.4 is 5.32 Å². The number of thioether (sulfide) groups is 1. The molecule has 3 aromatic rings. The molecule has 0 radical (unpaired) electrons. The maximum Gasteiger partial charge on any atom is 0.257 e. The van der Waals surface area contributed by atoms with Crippen LogP contribution in [0.3, 0.4) is 0 Å². The number of carbonyl (C=O) groups is 1. The summed E-state index contributed by atoms with van der Waals surface area (Å²) in [6.45, 7) is 0. The van der Waals surface area contributed by atoms with Gasteiger partial charge in [0.1, 0.15) is 5.82 Å². The maximum atomic E-state index is 13.1. The zero-order valence-electron chi connectivity index (χ0n) is 13.1. The van der Waals surface area contributed by atoms with Crippen LogP contribution in [-0.2, 0) is 5.75 Å².